The molecule has 172 valence electrons. The Bertz CT molecular complexity index is 880. The molecular weight excluding hydrogens is 402 g/mol. The Balaban J connectivity index is 1.47. The summed E-state index contributed by atoms with van der Waals surface area (Å²) in [7, 11) is 0. The Morgan fingerprint density at radius 1 is 0.938 bits per heavy atom. The highest BCUT2D eigenvalue weighted by Crippen LogP contribution is 2.32. The number of amides is 3. The predicted octanol–water partition coefficient (Wildman–Crippen LogP) is 4.19. The third-order valence-corrected chi connectivity index (χ3v) is 5.84. The molecule has 2 N–H and O–H groups in total. The average molecular weight is 438 g/mol. The molecule has 1 aliphatic heterocycles. The van der Waals surface area contributed by atoms with Gasteiger partial charge in [0.25, 0.3) is 0 Å². The lowest BCUT2D eigenvalue weighted by Crippen LogP contribution is -2.49. The molecule has 1 aromatic heterocycles. The number of carbonyl (C=O) groups is 2. The standard InChI is InChI=1S/C25H35N5O2/c1-18(2)20-8-7-9-21(19(3)4)24(20)28-25(32)27-13-11-23(31)30-16-14-29(15-17-30)22-10-5-6-12-26-22/h5-10,12,18-19H,11,13-17H2,1-4H3,(H2,27,28,32). The molecule has 0 unspecified atom stereocenters. The molecular formula is C25H35N5O2. The number of rotatable bonds is 7. The van der Waals surface area contributed by atoms with Crippen LogP contribution in [0.1, 0.15) is 57.1 Å². The number of piperazine rings is 1. The van der Waals surface area contributed by atoms with Crippen molar-refractivity contribution in [1.82, 2.24) is 15.2 Å². The Labute approximate surface area is 191 Å². The van der Waals surface area contributed by atoms with E-state index in [2.05, 4.69) is 60.3 Å². The van der Waals surface area contributed by atoms with E-state index >= 15 is 0 Å². The second-order valence-electron chi connectivity index (χ2n) is 8.81. The summed E-state index contributed by atoms with van der Waals surface area (Å²) in [4.78, 5) is 33.6. The van der Waals surface area contributed by atoms with Crippen molar-refractivity contribution in [3.05, 3.63) is 53.7 Å². The number of para-hydroxylation sites is 1. The summed E-state index contributed by atoms with van der Waals surface area (Å²) in [6.07, 6.45) is 2.08. The summed E-state index contributed by atoms with van der Waals surface area (Å²) < 4.78 is 0. The molecule has 0 saturated carbocycles. The molecule has 3 amide bonds. The molecule has 7 nitrogen and oxygen atoms in total. The number of hydrogen-bond donors (Lipinski definition) is 2. The number of benzene rings is 1. The van der Waals surface area contributed by atoms with Crippen LogP contribution >= 0.6 is 0 Å². The van der Waals surface area contributed by atoms with Crippen molar-refractivity contribution in [2.45, 2.75) is 46.0 Å². The number of hydrogen-bond acceptors (Lipinski definition) is 4. The minimum absolute atomic E-state index is 0.0661. The minimum Gasteiger partial charge on any atom is -0.353 e. The Morgan fingerprint density at radius 3 is 2.16 bits per heavy atom. The second-order valence-corrected chi connectivity index (χ2v) is 8.81. The summed E-state index contributed by atoms with van der Waals surface area (Å²) in [5, 5.41) is 5.88. The van der Waals surface area contributed by atoms with Gasteiger partial charge in [0.15, 0.2) is 0 Å². The monoisotopic (exact) mass is 437 g/mol. The lowest BCUT2D eigenvalue weighted by molar-refractivity contribution is -0.131. The van der Waals surface area contributed by atoms with E-state index in [1.54, 1.807) is 6.20 Å². The van der Waals surface area contributed by atoms with Gasteiger partial charge in [-0.1, -0.05) is 52.0 Å². The fraction of sp³-hybridized carbons (Fsp3) is 0.480. The molecule has 2 heterocycles. The van der Waals surface area contributed by atoms with E-state index in [0.717, 1.165) is 35.7 Å². The van der Waals surface area contributed by atoms with Crippen molar-refractivity contribution in [3.8, 4) is 0 Å². The molecule has 1 saturated heterocycles. The van der Waals surface area contributed by atoms with Crippen LogP contribution in [-0.2, 0) is 4.79 Å². The molecule has 0 radical (unpaired) electrons. The summed E-state index contributed by atoms with van der Waals surface area (Å²) in [6, 6.07) is 11.7. The van der Waals surface area contributed by atoms with Crippen molar-refractivity contribution < 1.29 is 9.59 Å². The van der Waals surface area contributed by atoms with Crippen LogP contribution in [0.15, 0.2) is 42.6 Å². The molecule has 0 atom stereocenters. The molecule has 3 rings (SSSR count). The van der Waals surface area contributed by atoms with Crippen LogP contribution in [0.5, 0.6) is 0 Å². The van der Waals surface area contributed by atoms with Gasteiger partial charge >= 0.3 is 6.03 Å². The first-order chi connectivity index (χ1) is 15.4. The van der Waals surface area contributed by atoms with Gasteiger partial charge in [0.1, 0.15) is 5.82 Å². The van der Waals surface area contributed by atoms with Crippen LogP contribution in [0.3, 0.4) is 0 Å². The van der Waals surface area contributed by atoms with Crippen LogP contribution < -0.4 is 15.5 Å². The number of pyridine rings is 1. The van der Waals surface area contributed by atoms with E-state index in [0.29, 0.717) is 37.9 Å². The molecule has 0 spiro atoms. The van der Waals surface area contributed by atoms with E-state index in [1.807, 2.05) is 29.2 Å². The molecule has 0 bridgehead atoms. The van der Waals surface area contributed by atoms with E-state index in [1.165, 1.54) is 0 Å². The first-order valence-electron chi connectivity index (χ1n) is 11.5. The number of aromatic nitrogens is 1. The minimum atomic E-state index is -0.271. The predicted molar refractivity (Wildman–Crippen MR) is 129 cm³/mol. The first-order valence-corrected chi connectivity index (χ1v) is 11.5. The maximum absolute atomic E-state index is 12.6. The largest absolute Gasteiger partial charge is 0.353 e. The van der Waals surface area contributed by atoms with Crippen molar-refractivity contribution in [1.29, 1.82) is 0 Å². The van der Waals surface area contributed by atoms with Crippen LogP contribution in [-0.4, -0.2) is 54.5 Å². The molecule has 32 heavy (non-hydrogen) atoms. The quantitative estimate of drug-likeness (QED) is 0.681. The third kappa shape index (κ3) is 5.99. The van der Waals surface area contributed by atoms with Crippen molar-refractivity contribution in [2.24, 2.45) is 0 Å². The van der Waals surface area contributed by atoms with Crippen LogP contribution in [0.25, 0.3) is 0 Å². The molecule has 7 heteroatoms. The Hall–Kier alpha value is -3.09. The average Bonchev–Trinajstić information content (AvgIpc) is 2.79. The molecule has 0 aliphatic carbocycles. The molecule has 2 aromatic rings. The summed E-state index contributed by atoms with van der Waals surface area (Å²) in [6.45, 7) is 11.7. The van der Waals surface area contributed by atoms with E-state index in [-0.39, 0.29) is 11.9 Å². The SMILES string of the molecule is CC(C)c1cccc(C(C)C)c1NC(=O)NCCC(=O)N1CCN(c2ccccn2)CC1. The van der Waals surface area contributed by atoms with E-state index in [9.17, 15) is 9.59 Å². The zero-order valence-electron chi connectivity index (χ0n) is 19.6. The lowest BCUT2D eigenvalue weighted by atomic mass is 9.93. The van der Waals surface area contributed by atoms with Gasteiger partial charge in [0, 0.05) is 51.0 Å². The fourth-order valence-electron chi connectivity index (χ4n) is 4.02. The highest BCUT2D eigenvalue weighted by Gasteiger charge is 2.22. The smallest absolute Gasteiger partial charge is 0.319 e. The van der Waals surface area contributed by atoms with Gasteiger partial charge in [-0.25, -0.2) is 9.78 Å². The maximum Gasteiger partial charge on any atom is 0.319 e. The van der Waals surface area contributed by atoms with Crippen LogP contribution in [0.2, 0.25) is 0 Å². The topological polar surface area (TPSA) is 77.6 Å². The summed E-state index contributed by atoms with van der Waals surface area (Å²) >= 11 is 0. The fourth-order valence-corrected chi connectivity index (χ4v) is 4.02. The van der Waals surface area contributed by atoms with Crippen LogP contribution in [0, 0.1) is 0 Å². The highest BCUT2D eigenvalue weighted by molar-refractivity contribution is 5.91. The van der Waals surface area contributed by atoms with Gasteiger partial charge in [0.05, 0.1) is 0 Å². The lowest BCUT2D eigenvalue weighted by Gasteiger charge is -2.35. The van der Waals surface area contributed by atoms with Gasteiger partial charge in [-0.15, -0.1) is 0 Å². The van der Waals surface area contributed by atoms with E-state index in [4.69, 9.17) is 0 Å². The normalized spacial score (nSPS) is 14.1. The first kappa shape index (κ1) is 23.6. The maximum atomic E-state index is 12.6. The number of nitrogens with zero attached hydrogens (tertiary/aromatic N) is 3. The molecule has 1 fully saturated rings. The van der Waals surface area contributed by atoms with Crippen molar-refractivity contribution >= 4 is 23.4 Å². The van der Waals surface area contributed by atoms with Gasteiger partial charge in [-0.2, -0.15) is 0 Å². The number of carbonyl (C=O) groups excluding carboxylic acids is 2. The van der Waals surface area contributed by atoms with Crippen molar-refractivity contribution in [2.75, 3.05) is 42.9 Å². The molecule has 1 aliphatic rings. The van der Waals surface area contributed by atoms with Gasteiger partial charge < -0.3 is 20.4 Å². The van der Waals surface area contributed by atoms with Gasteiger partial charge in [-0.05, 0) is 35.1 Å². The summed E-state index contributed by atoms with van der Waals surface area (Å²) in [5.74, 6) is 1.61. The zero-order valence-corrected chi connectivity index (χ0v) is 19.6. The number of nitrogens with one attached hydrogen (secondary N) is 2. The zero-order chi connectivity index (χ0) is 23.1. The summed E-state index contributed by atoms with van der Waals surface area (Å²) in [5.41, 5.74) is 3.12. The van der Waals surface area contributed by atoms with Crippen LogP contribution in [0.4, 0.5) is 16.3 Å². The van der Waals surface area contributed by atoms with Gasteiger partial charge in [-0.3, -0.25) is 4.79 Å². The molecule has 1 aromatic carbocycles. The Kier molecular flexibility index (Phi) is 8.09. The van der Waals surface area contributed by atoms with Gasteiger partial charge in [0.2, 0.25) is 5.91 Å². The van der Waals surface area contributed by atoms with E-state index < -0.39 is 0 Å². The highest BCUT2D eigenvalue weighted by atomic mass is 16.2. The number of urea groups is 1. The van der Waals surface area contributed by atoms with Crippen molar-refractivity contribution in [3.63, 3.8) is 0 Å². The Morgan fingerprint density at radius 2 is 1.59 bits per heavy atom. The second kappa shape index (κ2) is 11.0. The third-order valence-electron chi connectivity index (χ3n) is 5.84. The number of anilines is 2.